The third kappa shape index (κ3) is 4.30. The highest BCUT2D eigenvalue weighted by Gasteiger charge is 2.38. The summed E-state index contributed by atoms with van der Waals surface area (Å²) in [6.45, 7) is 3.93. The lowest BCUT2D eigenvalue weighted by atomic mass is 9.77. The molecular formula is C23H26Cl2N2O2S. The van der Waals surface area contributed by atoms with Crippen LogP contribution in [0.3, 0.4) is 0 Å². The molecule has 0 N–H and O–H groups in total. The van der Waals surface area contributed by atoms with Gasteiger partial charge in [-0.05, 0) is 61.8 Å². The normalized spacial score (nSPS) is 18.1. The van der Waals surface area contributed by atoms with Crippen molar-refractivity contribution in [3.63, 3.8) is 0 Å². The van der Waals surface area contributed by atoms with Crippen LogP contribution in [0.2, 0.25) is 10.0 Å². The van der Waals surface area contributed by atoms with Crippen LogP contribution in [-0.4, -0.2) is 31.2 Å². The Labute approximate surface area is 192 Å². The Bertz CT molecular complexity index is 950. The summed E-state index contributed by atoms with van der Waals surface area (Å²) in [5, 5.41) is 1.72. The van der Waals surface area contributed by atoms with Crippen LogP contribution in [0.5, 0.6) is 0 Å². The van der Waals surface area contributed by atoms with Crippen LogP contribution in [0, 0.1) is 12.3 Å². The van der Waals surface area contributed by atoms with E-state index in [-0.39, 0.29) is 0 Å². The Morgan fingerprint density at radius 3 is 2.53 bits per heavy atom. The summed E-state index contributed by atoms with van der Waals surface area (Å²) in [6, 6.07) is 7.57. The van der Waals surface area contributed by atoms with E-state index in [0.717, 1.165) is 34.3 Å². The second-order valence-electron chi connectivity index (χ2n) is 8.32. The lowest BCUT2D eigenvalue weighted by molar-refractivity contribution is 0.0593. The minimum Gasteiger partial charge on any atom is -0.464 e. The van der Waals surface area contributed by atoms with Gasteiger partial charge in [0.05, 0.1) is 22.8 Å². The lowest BCUT2D eigenvalue weighted by Gasteiger charge is -2.40. The second-order valence-corrected chi connectivity index (χ2v) is 10.1. The van der Waals surface area contributed by atoms with E-state index in [2.05, 4.69) is 11.0 Å². The van der Waals surface area contributed by atoms with Gasteiger partial charge < -0.3 is 9.64 Å². The molecule has 7 heteroatoms. The van der Waals surface area contributed by atoms with E-state index in [9.17, 15) is 4.79 Å². The Hall–Kier alpha value is -1.43. The number of hydrogen-bond donors (Lipinski definition) is 0. The van der Waals surface area contributed by atoms with Crippen molar-refractivity contribution in [3.8, 4) is 0 Å². The van der Waals surface area contributed by atoms with E-state index in [1.165, 1.54) is 57.4 Å². The van der Waals surface area contributed by atoms with Gasteiger partial charge in [0, 0.05) is 18.0 Å². The summed E-state index contributed by atoms with van der Waals surface area (Å²) < 4.78 is 5.06. The zero-order valence-electron chi connectivity index (χ0n) is 17.3. The Balaban J connectivity index is 1.64. The molecule has 1 aromatic carbocycles. The summed E-state index contributed by atoms with van der Waals surface area (Å²) in [6.07, 6.45) is 7.76. The summed E-state index contributed by atoms with van der Waals surface area (Å²) >= 11 is 13.9. The van der Waals surface area contributed by atoms with Gasteiger partial charge in [-0.15, -0.1) is 0 Å². The van der Waals surface area contributed by atoms with Crippen molar-refractivity contribution in [2.24, 2.45) is 5.41 Å². The van der Waals surface area contributed by atoms with Crippen molar-refractivity contribution < 1.29 is 9.53 Å². The number of esters is 1. The van der Waals surface area contributed by atoms with Crippen LogP contribution in [-0.2, 0) is 4.74 Å². The highest BCUT2D eigenvalue weighted by Crippen LogP contribution is 2.47. The van der Waals surface area contributed by atoms with Crippen LogP contribution >= 0.6 is 35.0 Å². The number of ether oxygens (including phenoxy) is 1. The van der Waals surface area contributed by atoms with E-state index < -0.39 is 5.97 Å². The van der Waals surface area contributed by atoms with Gasteiger partial charge in [0.2, 0.25) is 0 Å². The fraction of sp³-hybridized carbons (Fsp3) is 0.478. The zero-order valence-corrected chi connectivity index (χ0v) is 19.7. The first-order valence-corrected chi connectivity index (χ1v) is 12.0. The maximum absolute atomic E-state index is 12.6. The van der Waals surface area contributed by atoms with Crippen LogP contribution in [0.25, 0.3) is 0 Å². The number of carbonyl (C=O) groups excluding carboxylic acids is 1. The Kier molecular flexibility index (Phi) is 6.52. The van der Waals surface area contributed by atoms with Crippen molar-refractivity contribution in [2.45, 2.75) is 55.4 Å². The molecule has 4 rings (SSSR count). The number of aryl methyl sites for hydroxylation is 1. The van der Waals surface area contributed by atoms with E-state index in [4.69, 9.17) is 32.9 Å². The SMILES string of the molecule is COC(=O)c1nc(Sc2cccc(Cl)c2Cl)c(C)cc1N1CCC2(CCCC2)CC1. The molecule has 2 aliphatic rings. The van der Waals surface area contributed by atoms with Gasteiger partial charge >= 0.3 is 5.97 Å². The molecule has 30 heavy (non-hydrogen) atoms. The molecule has 0 bridgehead atoms. The van der Waals surface area contributed by atoms with Crippen LogP contribution in [0.15, 0.2) is 34.2 Å². The number of nitrogens with zero attached hydrogens (tertiary/aromatic N) is 2. The predicted molar refractivity (Wildman–Crippen MR) is 123 cm³/mol. The van der Waals surface area contributed by atoms with Crippen molar-refractivity contribution in [2.75, 3.05) is 25.1 Å². The first kappa shape index (κ1) is 21.8. The highest BCUT2D eigenvalue weighted by molar-refractivity contribution is 7.99. The minimum absolute atomic E-state index is 0.367. The zero-order chi connectivity index (χ0) is 21.3. The molecule has 1 saturated carbocycles. The number of halogens is 2. The Morgan fingerprint density at radius 1 is 1.17 bits per heavy atom. The molecule has 2 heterocycles. The molecule has 1 spiro atoms. The van der Waals surface area contributed by atoms with Gasteiger partial charge in [0.1, 0.15) is 5.03 Å². The largest absolute Gasteiger partial charge is 0.464 e. The molecule has 1 aliphatic heterocycles. The molecule has 0 amide bonds. The maximum Gasteiger partial charge on any atom is 0.358 e. The van der Waals surface area contributed by atoms with E-state index in [1.807, 2.05) is 19.1 Å². The van der Waals surface area contributed by atoms with Crippen LogP contribution in [0.4, 0.5) is 5.69 Å². The summed E-state index contributed by atoms with van der Waals surface area (Å²) in [5.41, 5.74) is 2.75. The summed E-state index contributed by atoms with van der Waals surface area (Å²) in [7, 11) is 1.40. The van der Waals surface area contributed by atoms with E-state index in [0.29, 0.717) is 21.2 Å². The molecule has 1 aliphatic carbocycles. The molecule has 160 valence electrons. The number of methoxy groups -OCH3 is 1. The van der Waals surface area contributed by atoms with Gasteiger partial charge in [-0.2, -0.15) is 0 Å². The molecular weight excluding hydrogens is 439 g/mol. The van der Waals surface area contributed by atoms with Crippen molar-refractivity contribution in [1.82, 2.24) is 4.98 Å². The monoisotopic (exact) mass is 464 g/mol. The molecule has 0 radical (unpaired) electrons. The predicted octanol–water partition coefficient (Wildman–Crippen LogP) is 6.80. The van der Waals surface area contributed by atoms with Crippen LogP contribution < -0.4 is 4.90 Å². The maximum atomic E-state index is 12.6. The molecule has 1 saturated heterocycles. The molecule has 0 atom stereocenters. The highest BCUT2D eigenvalue weighted by atomic mass is 35.5. The number of hydrogen-bond acceptors (Lipinski definition) is 5. The number of rotatable bonds is 4. The topological polar surface area (TPSA) is 42.4 Å². The number of pyridine rings is 1. The van der Waals surface area contributed by atoms with Crippen molar-refractivity contribution in [3.05, 3.63) is 45.6 Å². The first-order chi connectivity index (χ1) is 14.4. The van der Waals surface area contributed by atoms with Gasteiger partial charge in [0.25, 0.3) is 0 Å². The van der Waals surface area contributed by atoms with Gasteiger partial charge in [-0.1, -0.05) is 53.9 Å². The minimum atomic E-state index is -0.412. The number of carbonyl (C=O) groups is 1. The van der Waals surface area contributed by atoms with E-state index >= 15 is 0 Å². The quantitative estimate of drug-likeness (QED) is 0.465. The number of anilines is 1. The fourth-order valence-electron chi connectivity index (χ4n) is 4.69. The second kappa shape index (κ2) is 8.97. The summed E-state index contributed by atoms with van der Waals surface area (Å²) in [5.74, 6) is -0.412. The smallest absolute Gasteiger partial charge is 0.358 e. The number of piperidine rings is 1. The number of benzene rings is 1. The number of aromatic nitrogens is 1. The van der Waals surface area contributed by atoms with Crippen LogP contribution in [0.1, 0.15) is 54.6 Å². The molecule has 4 nitrogen and oxygen atoms in total. The third-order valence-electron chi connectivity index (χ3n) is 6.48. The Morgan fingerprint density at radius 2 is 1.87 bits per heavy atom. The molecule has 1 aromatic heterocycles. The van der Waals surface area contributed by atoms with Crippen molar-refractivity contribution >= 4 is 46.6 Å². The summed E-state index contributed by atoms with van der Waals surface area (Å²) in [4.78, 5) is 20.4. The first-order valence-electron chi connectivity index (χ1n) is 10.4. The van der Waals surface area contributed by atoms with Crippen molar-refractivity contribution in [1.29, 1.82) is 0 Å². The average molecular weight is 465 g/mol. The molecule has 0 unspecified atom stereocenters. The van der Waals surface area contributed by atoms with Gasteiger partial charge in [0.15, 0.2) is 5.69 Å². The third-order valence-corrected chi connectivity index (χ3v) is 8.57. The standard InChI is InChI=1S/C23H26Cl2N2O2S/c1-15-14-17(27-12-10-23(11-13-27)8-3-4-9-23)20(22(28)29-2)26-21(15)30-18-7-5-6-16(24)19(18)25/h5-7,14H,3-4,8-13H2,1-2H3. The van der Waals surface area contributed by atoms with Gasteiger partial charge in [-0.3, -0.25) is 0 Å². The fourth-order valence-corrected chi connectivity index (χ4v) is 6.07. The average Bonchev–Trinajstić information content (AvgIpc) is 3.20. The molecule has 2 fully saturated rings. The lowest BCUT2D eigenvalue weighted by Crippen LogP contribution is -2.39. The van der Waals surface area contributed by atoms with Gasteiger partial charge in [-0.25, -0.2) is 9.78 Å². The molecule has 2 aromatic rings. The van der Waals surface area contributed by atoms with E-state index in [1.54, 1.807) is 6.07 Å².